The molecule has 1 aliphatic rings. The first-order valence-electron chi connectivity index (χ1n) is 4.64. The van der Waals surface area contributed by atoms with E-state index in [-0.39, 0.29) is 12.6 Å². The van der Waals surface area contributed by atoms with Crippen molar-refractivity contribution in [3.8, 4) is 0 Å². The van der Waals surface area contributed by atoms with Crippen LogP contribution in [0.4, 0.5) is 0 Å². The van der Waals surface area contributed by atoms with Gasteiger partial charge in [-0.2, -0.15) is 0 Å². The highest BCUT2D eigenvalue weighted by Gasteiger charge is 2.24. The lowest BCUT2D eigenvalue weighted by atomic mass is 10.3. The van der Waals surface area contributed by atoms with Crippen molar-refractivity contribution in [1.29, 1.82) is 0 Å². The SMILES string of the molecule is OCC(CSc1nncs1)NC1CC1. The Morgan fingerprint density at radius 2 is 2.57 bits per heavy atom. The van der Waals surface area contributed by atoms with Crippen molar-refractivity contribution >= 4 is 23.1 Å². The third-order valence-corrected chi connectivity index (χ3v) is 4.04. The van der Waals surface area contributed by atoms with Crippen LogP contribution in [0, 0.1) is 0 Å². The summed E-state index contributed by atoms with van der Waals surface area (Å²) in [5, 5.41) is 20.2. The minimum absolute atomic E-state index is 0.191. The number of aromatic nitrogens is 2. The molecule has 1 saturated carbocycles. The molecule has 1 aromatic rings. The van der Waals surface area contributed by atoms with Crippen molar-refractivity contribution in [1.82, 2.24) is 15.5 Å². The van der Waals surface area contributed by atoms with Crippen LogP contribution < -0.4 is 5.32 Å². The van der Waals surface area contributed by atoms with Crippen LogP contribution in [0.1, 0.15) is 12.8 Å². The number of rotatable bonds is 6. The van der Waals surface area contributed by atoms with E-state index in [1.807, 2.05) is 0 Å². The summed E-state index contributed by atoms with van der Waals surface area (Å²) >= 11 is 3.19. The van der Waals surface area contributed by atoms with Gasteiger partial charge in [-0.3, -0.25) is 0 Å². The van der Waals surface area contributed by atoms with Gasteiger partial charge < -0.3 is 10.4 Å². The summed E-state index contributed by atoms with van der Waals surface area (Å²) in [6.07, 6.45) is 2.50. The predicted molar refractivity (Wildman–Crippen MR) is 57.7 cm³/mol. The minimum atomic E-state index is 0.191. The Balaban J connectivity index is 1.71. The Morgan fingerprint density at radius 3 is 3.14 bits per heavy atom. The zero-order chi connectivity index (χ0) is 9.80. The van der Waals surface area contributed by atoms with Gasteiger partial charge in [0.1, 0.15) is 5.51 Å². The largest absolute Gasteiger partial charge is 0.395 e. The Morgan fingerprint density at radius 1 is 1.71 bits per heavy atom. The highest BCUT2D eigenvalue weighted by atomic mass is 32.2. The molecule has 1 aliphatic carbocycles. The molecule has 2 rings (SSSR count). The summed E-state index contributed by atoms with van der Waals surface area (Å²) in [4.78, 5) is 0. The van der Waals surface area contributed by atoms with Gasteiger partial charge in [-0.15, -0.1) is 10.2 Å². The van der Waals surface area contributed by atoms with Gasteiger partial charge in [0.2, 0.25) is 0 Å². The third kappa shape index (κ3) is 3.20. The van der Waals surface area contributed by atoms with Crippen molar-refractivity contribution in [2.24, 2.45) is 0 Å². The molecule has 0 amide bonds. The molecule has 1 unspecified atom stereocenters. The van der Waals surface area contributed by atoms with E-state index in [0.29, 0.717) is 6.04 Å². The second kappa shape index (κ2) is 5.06. The lowest BCUT2D eigenvalue weighted by molar-refractivity contribution is 0.253. The molecule has 1 heterocycles. The third-order valence-electron chi connectivity index (χ3n) is 2.02. The maximum Gasteiger partial charge on any atom is 0.174 e. The number of hydrogen-bond donors (Lipinski definition) is 2. The summed E-state index contributed by atoms with van der Waals surface area (Å²) in [5.41, 5.74) is 1.73. The van der Waals surface area contributed by atoms with Gasteiger partial charge in [0.05, 0.1) is 6.61 Å². The Labute approximate surface area is 91.1 Å². The van der Waals surface area contributed by atoms with Crippen molar-refractivity contribution < 1.29 is 5.11 Å². The topological polar surface area (TPSA) is 58.0 Å². The summed E-state index contributed by atoms with van der Waals surface area (Å²) in [5.74, 6) is 0.863. The molecule has 0 radical (unpaired) electrons. The van der Waals surface area contributed by atoms with Gasteiger partial charge in [0, 0.05) is 17.8 Å². The van der Waals surface area contributed by atoms with Gasteiger partial charge in [-0.1, -0.05) is 23.1 Å². The Hall–Kier alpha value is -0.170. The van der Waals surface area contributed by atoms with E-state index >= 15 is 0 Å². The summed E-state index contributed by atoms with van der Waals surface area (Å²) < 4.78 is 0.973. The van der Waals surface area contributed by atoms with Crippen molar-refractivity contribution in [3.05, 3.63) is 5.51 Å². The number of aliphatic hydroxyl groups excluding tert-OH is 1. The van der Waals surface area contributed by atoms with Crippen molar-refractivity contribution in [3.63, 3.8) is 0 Å². The fourth-order valence-corrected chi connectivity index (χ4v) is 2.67. The van der Waals surface area contributed by atoms with Crippen LogP contribution in [0.3, 0.4) is 0 Å². The normalized spacial score (nSPS) is 18.4. The zero-order valence-corrected chi connectivity index (χ0v) is 9.35. The van der Waals surface area contributed by atoms with Gasteiger partial charge in [0.25, 0.3) is 0 Å². The first kappa shape index (κ1) is 10.4. The smallest absolute Gasteiger partial charge is 0.174 e. The van der Waals surface area contributed by atoms with Crippen LogP contribution >= 0.6 is 23.1 Å². The maximum absolute atomic E-state index is 9.12. The molecular weight excluding hydrogens is 218 g/mol. The standard InChI is InChI=1S/C8H13N3OS2/c12-3-7(10-6-1-2-6)4-13-8-11-9-5-14-8/h5-7,10,12H,1-4H2. The van der Waals surface area contributed by atoms with Crippen LogP contribution in [0.2, 0.25) is 0 Å². The number of nitrogens with zero attached hydrogens (tertiary/aromatic N) is 2. The second-order valence-electron chi connectivity index (χ2n) is 3.34. The molecule has 0 bridgehead atoms. The van der Waals surface area contributed by atoms with E-state index in [4.69, 9.17) is 5.11 Å². The number of nitrogens with one attached hydrogen (secondary N) is 1. The van der Waals surface area contributed by atoms with Crippen LogP contribution in [0.15, 0.2) is 9.85 Å². The zero-order valence-electron chi connectivity index (χ0n) is 7.72. The highest BCUT2D eigenvalue weighted by Crippen LogP contribution is 2.23. The molecule has 1 atom stereocenters. The maximum atomic E-state index is 9.12. The molecule has 0 saturated heterocycles. The van der Waals surface area contributed by atoms with E-state index in [1.165, 1.54) is 12.8 Å². The number of aliphatic hydroxyl groups is 1. The molecule has 14 heavy (non-hydrogen) atoms. The van der Waals surface area contributed by atoms with Crippen LogP contribution in [-0.4, -0.2) is 39.7 Å². The quantitative estimate of drug-likeness (QED) is 0.707. The lowest BCUT2D eigenvalue weighted by Crippen LogP contribution is -2.36. The molecule has 1 fully saturated rings. The lowest BCUT2D eigenvalue weighted by Gasteiger charge is -2.13. The van der Waals surface area contributed by atoms with Crippen LogP contribution in [0.25, 0.3) is 0 Å². The monoisotopic (exact) mass is 231 g/mol. The molecule has 0 aliphatic heterocycles. The van der Waals surface area contributed by atoms with E-state index in [2.05, 4.69) is 15.5 Å². The molecule has 4 nitrogen and oxygen atoms in total. The van der Waals surface area contributed by atoms with Crippen LogP contribution in [-0.2, 0) is 0 Å². The van der Waals surface area contributed by atoms with Gasteiger partial charge >= 0.3 is 0 Å². The summed E-state index contributed by atoms with van der Waals surface area (Å²) in [7, 11) is 0. The van der Waals surface area contributed by atoms with E-state index in [1.54, 1.807) is 28.6 Å². The van der Waals surface area contributed by atoms with Crippen molar-refractivity contribution in [2.75, 3.05) is 12.4 Å². The Kier molecular flexibility index (Phi) is 3.74. The molecular formula is C8H13N3OS2. The molecule has 6 heteroatoms. The average molecular weight is 231 g/mol. The summed E-state index contributed by atoms with van der Waals surface area (Å²) in [6.45, 7) is 0.197. The molecule has 0 spiro atoms. The van der Waals surface area contributed by atoms with Crippen LogP contribution in [0.5, 0.6) is 0 Å². The molecule has 1 aromatic heterocycles. The summed E-state index contributed by atoms with van der Waals surface area (Å²) in [6, 6.07) is 0.832. The van der Waals surface area contributed by atoms with Crippen molar-refractivity contribution in [2.45, 2.75) is 29.3 Å². The van der Waals surface area contributed by atoms with Gasteiger partial charge in [-0.25, -0.2) is 0 Å². The minimum Gasteiger partial charge on any atom is -0.395 e. The van der Waals surface area contributed by atoms with Gasteiger partial charge in [0.15, 0.2) is 4.34 Å². The molecule has 78 valence electrons. The number of hydrogen-bond acceptors (Lipinski definition) is 6. The van der Waals surface area contributed by atoms with E-state index < -0.39 is 0 Å². The first-order valence-corrected chi connectivity index (χ1v) is 6.51. The molecule has 0 aromatic carbocycles. The van der Waals surface area contributed by atoms with E-state index in [0.717, 1.165) is 10.1 Å². The fraction of sp³-hybridized carbons (Fsp3) is 0.750. The number of thioether (sulfide) groups is 1. The molecule has 2 N–H and O–H groups in total. The fourth-order valence-electron chi connectivity index (χ4n) is 1.13. The highest BCUT2D eigenvalue weighted by molar-refractivity contribution is 8.01. The van der Waals surface area contributed by atoms with E-state index in [9.17, 15) is 0 Å². The second-order valence-corrected chi connectivity index (χ2v) is 5.44. The average Bonchev–Trinajstić information content (AvgIpc) is 2.86. The Bertz CT molecular complexity index is 264. The van der Waals surface area contributed by atoms with Gasteiger partial charge in [-0.05, 0) is 12.8 Å². The predicted octanol–water partition coefficient (Wildman–Crippen LogP) is 0.743. The first-order chi connectivity index (χ1) is 6.88.